The summed E-state index contributed by atoms with van der Waals surface area (Å²) < 4.78 is 29.4. The van der Waals surface area contributed by atoms with Crippen LogP contribution in [0.1, 0.15) is 10.4 Å². The first-order valence-electron chi connectivity index (χ1n) is 7.65. The summed E-state index contributed by atoms with van der Waals surface area (Å²) in [6, 6.07) is 5.07. The van der Waals surface area contributed by atoms with E-state index in [2.05, 4.69) is 39.0 Å². The first-order valence-corrected chi connectivity index (χ1v) is 8.89. The molecule has 0 aliphatic rings. The average Bonchev–Trinajstić information content (AvgIpc) is 2.66. The van der Waals surface area contributed by atoms with E-state index in [0.29, 0.717) is 4.47 Å². The van der Waals surface area contributed by atoms with Gasteiger partial charge in [-0.1, -0.05) is 15.9 Å². The van der Waals surface area contributed by atoms with Gasteiger partial charge in [0.25, 0.3) is 5.91 Å². The van der Waals surface area contributed by atoms with Crippen LogP contribution in [0.5, 0.6) is 0 Å². The van der Waals surface area contributed by atoms with Gasteiger partial charge in [-0.2, -0.15) is 5.11 Å². The number of nitrogens with one attached hydrogen (secondary N) is 3. The first kappa shape index (κ1) is 22.2. The molecule has 0 saturated heterocycles. The van der Waals surface area contributed by atoms with Crippen molar-refractivity contribution in [3.8, 4) is 0 Å². The molecule has 8 nitrogen and oxygen atoms in total. The minimum Gasteiger partial charge on any atom is -0.393 e. The monoisotopic (exact) mass is 476 g/mol. The van der Waals surface area contributed by atoms with E-state index < -0.39 is 48.2 Å². The van der Waals surface area contributed by atoms with Gasteiger partial charge >= 0.3 is 0 Å². The molecule has 2 aromatic rings. The minimum atomic E-state index is -1.10. The zero-order valence-corrected chi connectivity index (χ0v) is 16.5. The number of hydroxylamine groups is 1. The summed E-state index contributed by atoms with van der Waals surface area (Å²) in [6.07, 6.45) is -1.09. The SMILES string of the molecule is N=Nc1c(S)cc(C(=O)NOC(CO)CO)c(Nc2ccc(Br)cc2F)c1F. The van der Waals surface area contributed by atoms with Crippen molar-refractivity contribution in [3.63, 3.8) is 0 Å². The summed E-state index contributed by atoms with van der Waals surface area (Å²) in [5.74, 6) is -2.79. The maximum atomic E-state index is 14.8. The Hall–Kier alpha value is -2.12. The van der Waals surface area contributed by atoms with Crippen LogP contribution in [0.2, 0.25) is 0 Å². The predicted molar refractivity (Wildman–Crippen MR) is 102 cm³/mol. The first-order chi connectivity index (χ1) is 13.3. The van der Waals surface area contributed by atoms with E-state index in [1.165, 1.54) is 12.1 Å². The van der Waals surface area contributed by atoms with Gasteiger partial charge in [-0.3, -0.25) is 9.63 Å². The van der Waals surface area contributed by atoms with Gasteiger partial charge in [-0.05, 0) is 24.3 Å². The van der Waals surface area contributed by atoms with E-state index in [1.54, 1.807) is 0 Å². The van der Waals surface area contributed by atoms with E-state index >= 15 is 0 Å². The number of halogens is 3. The van der Waals surface area contributed by atoms with Crippen molar-refractivity contribution < 1.29 is 28.6 Å². The second kappa shape index (κ2) is 9.89. The molecule has 150 valence electrons. The van der Waals surface area contributed by atoms with Gasteiger partial charge in [0, 0.05) is 9.37 Å². The summed E-state index contributed by atoms with van der Waals surface area (Å²) in [5, 5.41) is 23.4. The third-order valence-electron chi connectivity index (χ3n) is 3.49. The van der Waals surface area contributed by atoms with Crippen LogP contribution in [0.25, 0.3) is 0 Å². The molecule has 0 aliphatic carbocycles. The molecule has 0 saturated carbocycles. The van der Waals surface area contributed by atoms with E-state index in [-0.39, 0.29) is 16.1 Å². The number of carbonyl (C=O) groups excluding carboxylic acids is 1. The number of nitrogens with zero attached hydrogens (tertiary/aromatic N) is 1. The maximum Gasteiger partial charge on any atom is 0.277 e. The summed E-state index contributed by atoms with van der Waals surface area (Å²) in [4.78, 5) is 17.1. The smallest absolute Gasteiger partial charge is 0.277 e. The Morgan fingerprint density at radius 1 is 1.32 bits per heavy atom. The molecular weight excluding hydrogens is 462 g/mol. The third kappa shape index (κ3) is 5.02. The summed E-state index contributed by atoms with van der Waals surface area (Å²) >= 11 is 7.10. The molecule has 0 unspecified atom stereocenters. The predicted octanol–water partition coefficient (Wildman–Crippen LogP) is 3.44. The number of hydrogen-bond donors (Lipinski definition) is 6. The summed E-state index contributed by atoms with van der Waals surface area (Å²) in [7, 11) is 0. The normalized spacial score (nSPS) is 10.8. The summed E-state index contributed by atoms with van der Waals surface area (Å²) in [5.41, 5.74) is 7.67. The Morgan fingerprint density at radius 3 is 2.57 bits per heavy atom. The molecule has 0 aliphatic heterocycles. The van der Waals surface area contributed by atoms with Crippen molar-refractivity contribution in [2.24, 2.45) is 5.11 Å². The molecule has 12 heteroatoms. The zero-order chi connectivity index (χ0) is 20.8. The fourth-order valence-corrected chi connectivity index (χ4v) is 2.69. The van der Waals surface area contributed by atoms with Crippen LogP contribution < -0.4 is 10.8 Å². The fourth-order valence-electron chi connectivity index (χ4n) is 2.08. The number of aliphatic hydroxyl groups is 2. The topological polar surface area (TPSA) is 127 Å². The van der Waals surface area contributed by atoms with E-state index in [1.807, 2.05) is 5.48 Å². The number of hydrogen-bond acceptors (Lipinski definition) is 8. The Kier molecular flexibility index (Phi) is 7.83. The lowest BCUT2D eigenvalue weighted by Gasteiger charge is -2.17. The zero-order valence-electron chi connectivity index (χ0n) is 14.0. The quantitative estimate of drug-likeness (QED) is 0.197. The molecule has 0 fully saturated rings. The molecule has 1 amide bonds. The number of anilines is 2. The number of benzene rings is 2. The lowest BCUT2D eigenvalue weighted by Crippen LogP contribution is -2.34. The van der Waals surface area contributed by atoms with Gasteiger partial charge in [0.05, 0.1) is 30.2 Å². The highest BCUT2D eigenvalue weighted by Gasteiger charge is 2.23. The van der Waals surface area contributed by atoms with Crippen molar-refractivity contribution in [2.75, 3.05) is 18.5 Å². The molecule has 5 N–H and O–H groups in total. The highest BCUT2D eigenvalue weighted by molar-refractivity contribution is 9.10. The average molecular weight is 477 g/mol. The van der Waals surface area contributed by atoms with Crippen molar-refractivity contribution in [2.45, 2.75) is 11.0 Å². The molecule has 2 rings (SSSR count). The molecule has 0 heterocycles. The van der Waals surface area contributed by atoms with E-state index in [0.717, 1.165) is 12.1 Å². The molecule has 28 heavy (non-hydrogen) atoms. The van der Waals surface area contributed by atoms with Crippen molar-refractivity contribution in [1.29, 1.82) is 5.53 Å². The third-order valence-corrected chi connectivity index (χ3v) is 4.33. The fraction of sp³-hybridized carbons (Fsp3) is 0.188. The van der Waals surface area contributed by atoms with Crippen LogP contribution in [0.15, 0.2) is 38.7 Å². The van der Waals surface area contributed by atoms with E-state index in [9.17, 15) is 13.6 Å². The standard InChI is InChI=1S/C16H15BrF2N4O4S/c17-7-1-2-11(10(18)3-7)21-14-9(4-12(28)15(22-20)13(14)19)16(26)23-27-8(5-24)6-25/h1-4,8,20-21,24-25,28H,5-6H2,(H,23,26). The lowest BCUT2D eigenvalue weighted by atomic mass is 10.1. The number of rotatable bonds is 8. The Labute approximate surface area is 171 Å². The Morgan fingerprint density at radius 2 is 2.00 bits per heavy atom. The molecule has 2 aromatic carbocycles. The highest BCUT2D eigenvalue weighted by Crippen LogP contribution is 2.37. The van der Waals surface area contributed by atoms with Gasteiger partial charge in [0.2, 0.25) is 0 Å². The maximum absolute atomic E-state index is 14.8. The Bertz CT molecular complexity index is 899. The van der Waals surface area contributed by atoms with Crippen LogP contribution in [0.4, 0.5) is 25.8 Å². The van der Waals surface area contributed by atoms with Gasteiger partial charge in [0.15, 0.2) is 5.82 Å². The molecule has 0 aromatic heterocycles. The summed E-state index contributed by atoms with van der Waals surface area (Å²) in [6.45, 7) is -1.15. The number of carbonyl (C=O) groups is 1. The van der Waals surface area contributed by atoms with Crippen LogP contribution in [0, 0.1) is 17.2 Å². The van der Waals surface area contributed by atoms with Crippen LogP contribution in [0.3, 0.4) is 0 Å². The Balaban J connectivity index is 2.46. The van der Waals surface area contributed by atoms with Gasteiger partial charge in [0.1, 0.15) is 17.6 Å². The molecular formula is C16H15BrF2N4O4S. The molecule has 0 bridgehead atoms. The minimum absolute atomic E-state index is 0.111. The van der Waals surface area contributed by atoms with Crippen LogP contribution >= 0.6 is 28.6 Å². The van der Waals surface area contributed by atoms with E-state index in [4.69, 9.17) is 20.6 Å². The van der Waals surface area contributed by atoms with Gasteiger partial charge in [-0.15, -0.1) is 12.6 Å². The molecule has 0 radical (unpaired) electrons. The molecule has 0 spiro atoms. The highest BCUT2D eigenvalue weighted by atomic mass is 79.9. The van der Waals surface area contributed by atoms with Crippen molar-refractivity contribution in [1.82, 2.24) is 5.48 Å². The molecule has 0 atom stereocenters. The van der Waals surface area contributed by atoms with Crippen molar-refractivity contribution in [3.05, 3.63) is 45.9 Å². The second-order valence-electron chi connectivity index (χ2n) is 5.38. The van der Waals surface area contributed by atoms with Gasteiger partial charge in [-0.25, -0.2) is 19.8 Å². The largest absolute Gasteiger partial charge is 0.393 e. The lowest BCUT2D eigenvalue weighted by molar-refractivity contribution is -0.0618. The van der Waals surface area contributed by atoms with Crippen LogP contribution in [-0.2, 0) is 4.84 Å². The van der Waals surface area contributed by atoms with Gasteiger partial charge < -0.3 is 15.5 Å². The van der Waals surface area contributed by atoms with Crippen molar-refractivity contribution >= 4 is 51.5 Å². The number of thiol groups is 1. The number of aliphatic hydroxyl groups excluding tert-OH is 2. The van der Waals surface area contributed by atoms with Crippen LogP contribution in [-0.4, -0.2) is 35.4 Å². The second-order valence-corrected chi connectivity index (χ2v) is 6.78. The number of amides is 1.